The molecule has 0 bridgehead atoms. The maximum Gasteiger partial charge on any atom is 0.141 e. The molecule has 1 fully saturated rings. The lowest BCUT2D eigenvalue weighted by Crippen LogP contribution is -2.43. The summed E-state index contributed by atoms with van der Waals surface area (Å²) >= 11 is 0. The topological polar surface area (TPSA) is 47.7 Å². The van der Waals surface area contributed by atoms with Crippen molar-refractivity contribution in [1.82, 2.24) is 4.90 Å². The zero-order valence-corrected chi connectivity index (χ0v) is 12.1. The number of anilines is 1. The van der Waals surface area contributed by atoms with Crippen molar-refractivity contribution in [2.24, 2.45) is 5.92 Å². The molecule has 0 aromatic heterocycles. The maximum absolute atomic E-state index is 5.94. The van der Waals surface area contributed by atoms with Gasteiger partial charge in [0.15, 0.2) is 0 Å². The summed E-state index contributed by atoms with van der Waals surface area (Å²) in [4.78, 5) is 2.43. The highest BCUT2D eigenvalue weighted by molar-refractivity contribution is 5.54. The van der Waals surface area contributed by atoms with Crippen LogP contribution < -0.4 is 10.5 Å². The van der Waals surface area contributed by atoms with Crippen molar-refractivity contribution >= 4 is 5.69 Å². The number of hydrogen-bond acceptors (Lipinski definition) is 4. The molecule has 4 nitrogen and oxygen atoms in total. The van der Waals surface area contributed by atoms with E-state index in [1.165, 1.54) is 12.0 Å². The largest absolute Gasteiger partial charge is 0.495 e. The van der Waals surface area contributed by atoms with Crippen LogP contribution in [-0.2, 0) is 11.3 Å². The predicted octanol–water partition coefficient (Wildman–Crippen LogP) is 2.13. The van der Waals surface area contributed by atoms with E-state index in [1.807, 2.05) is 12.1 Å². The minimum atomic E-state index is 0.337. The molecule has 2 N–H and O–H groups in total. The lowest BCUT2D eigenvalue weighted by Gasteiger charge is -2.36. The van der Waals surface area contributed by atoms with Gasteiger partial charge in [0.25, 0.3) is 0 Å². The van der Waals surface area contributed by atoms with Gasteiger partial charge in [-0.2, -0.15) is 0 Å². The number of nitrogen functional groups attached to an aromatic ring is 1. The van der Waals surface area contributed by atoms with E-state index in [1.54, 1.807) is 14.2 Å². The Labute approximate surface area is 115 Å². The number of nitrogens with zero attached hydrogens (tertiary/aromatic N) is 1. The van der Waals surface area contributed by atoms with Gasteiger partial charge in [-0.25, -0.2) is 0 Å². The maximum atomic E-state index is 5.94. The van der Waals surface area contributed by atoms with Crippen molar-refractivity contribution in [3.8, 4) is 5.75 Å². The van der Waals surface area contributed by atoms with Gasteiger partial charge in [0.2, 0.25) is 0 Å². The zero-order chi connectivity index (χ0) is 13.8. The lowest BCUT2D eigenvalue weighted by molar-refractivity contribution is -0.00744. The smallest absolute Gasteiger partial charge is 0.141 e. The van der Waals surface area contributed by atoms with Crippen LogP contribution in [0.2, 0.25) is 0 Å². The van der Waals surface area contributed by atoms with E-state index in [2.05, 4.69) is 17.9 Å². The molecule has 106 valence electrons. The molecular formula is C15H24N2O2. The molecule has 1 heterocycles. The molecule has 0 amide bonds. The second-order valence-electron chi connectivity index (χ2n) is 5.35. The Morgan fingerprint density at radius 1 is 1.37 bits per heavy atom. The number of ether oxygens (including phenoxy) is 2. The summed E-state index contributed by atoms with van der Waals surface area (Å²) in [7, 11) is 3.44. The Kier molecular flexibility index (Phi) is 4.66. The number of rotatable bonds is 4. The number of piperidine rings is 1. The van der Waals surface area contributed by atoms with Crippen molar-refractivity contribution in [3.05, 3.63) is 23.8 Å². The normalized spacial score (nSPS) is 24.4. The Morgan fingerprint density at radius 3 is 2.79 bits per heavy atom. The van der Waals surface area contributed by atoms with E-state index in [4.69, 9.17) is 15.2 Å². The second kappa shape index (κ2) is 6.26. The van der Waals surface area contributed by atoms with Crippen molar-refractivity contribution in [2.75, 3.05) is 33.0 Å². The summed E-state index contributed by atoms with van der Waals surface area (Å²) < 4.78 is 10.7. The molecule has 19 heavy (non-hydrogen) atoms. The first-order chi connectivity index (χ1) is 9.13. The third-order valence-corrected chi connectivity index (χ3v) is 3.98. The highest BCUT2D eigenvalue weighted by Crippen LogP contribution is 2.25. The van der Waals surface area contributed by atoms with E-state index in [0.29, 0.717) is 17.7 Å². The van der Waals surface area contributed by atoms with Crippen LogP contribution in [0.4, 0.5) is 5.69 Å². The van der Waals surface area contributed by atoms with E-state index < -0.39 is 0 Å². The Balaban J connectivity index is 1.99. The van der Waals surface area contributed by atoms with Crippen molar-refractivity contribution < 1.29 is 9.47 Å². The number of likely N-dealkylation sites (tertiary alicyclic amines) is 1. The summed E-state index contributed by atoms with van der Waals surface area (Å²) in [5, 5.41) is 0. The van der Waals surface area contributed by atoms with Gasteiger partial charge in [0.1, 0.15) is 5.75 Å². The van der Waals surface area contributed by atoms with Crippen LogP contribution in [0, 0.1) is 5.92 Å². The number of nitrogens with two attached hydrogens (primary N) is 1. The van der Waals surface area contributed by atoms with Crippen LogP contribution in [0.3, 0.4) is 0 Å². The van der Waals surface area contributed by atoms with Crippen LogP contribution in [-0.4, -0.2) is 38.3 Å². The minimum absolute atomic E-state index is 0.337. The molecule has 0 spiro atoms. The molecule has 2 unspecified atom stereocenters. The van der Waals surface area contributed by atoms with E-state index in [9.17, 15) is 0 Å². The fourth-order valence-corrected chi connectivity index (χ4v) is 2.69. The molecule has 1 aliphatic rings. The van der Waals surface area contributed by atoms with Gasteiger partial charge in [-0.15, -0.1) is 0 Å². The van der Waals surface area contributed by atoms with E-state index in [0.717, 1.165) is 25.4 Å². The summed E-state index contributed by atoms with van der Waals surface area (Å²) in [6.45, 7) is 5.29. The summed E-state index contributed by atoms with van der Waals surface area (Å²) in [5.74, 6) is 1.38. The number of benzene rings is 1. The van der Waals surface area contributed by atoms with E-state index >= 15 is 0 Å². The third kappa shape index (κ3) is 3.39. The van der Waals surface area contributed by atoms with Gasteiger partial charge in [-0.1, -0.05) is 13.0 Å². The van der Waals surface area contributed by atoms with Crippen LogP contribution >= 0.6 is 0 Å². The third-order valence-electron chi connectivity index (χ3n) is 3.98. The van der Waals surface area contributed by atoms with Crippen LogP contribution in [0.5, 0.6) is 5.75 Å². The van der Waals surface area contributed by atoms with Crippen molar-refractivity contribution in [2.45, 2.75) is 26.0 Å². The van der Waals surface area contributed by atoms with Gasteiger partial charge >= 0.3 is 0 Å². The molecule has 2 rings (SSSR count). The lowest BCUT2D eigenvalue weighted by atomic mass is 9.95. The van der Waals surface area contributed by atoms with Crippen LogP contribution in [0.1, 0.15) is 18.9 Å². The van der Waals surface area contributed by atoms with Gasteiger partial charge in [0.05, 0.1) is 18.9 Å². The highest BCUT2D eigenvalue weighted by Gasteiger charge is 2.25. The molecule has 4 heteroatoms. The van der Waals surface area contributed by atoms with E-state index in [-0.39, 0.29) is 0 Å². The Hall–Kier alpha value is -1.26. The number of hydrogen-bond donors (Lipinski definition) is 1. The molecule has 0 radical (unpaired) electrons. The summed E-state index contributed by atoms with van der Waals surface area (Å²) in [6, 6.07) is 6.01. The van der Waals surface area contributed by atoms with Crippen molar-refractivity contribution in [1.29, 1.82) is 0 Å². The van der Waals surface area contributed by atoms with Gasteiger partial charge in [-0.05, 0) is 36.6 Å². The quantitative estimate of drug-likeness (QED) is 0.846. The average Bonchev–Trinajstić information content (AvgIpc) is 2.41. The molecule has 1 aromatic carbocycles. The molecule has 1 aromatic rings. The molecule has 1 aliphatic heterocycles. The van der Waals surface area contributed by atoms with Crippen LogP contribution in [0.15, 0.2) is 18.2 Å². The molecule has 1 saturated heterocycles. The Morgan fingerprint density at radius 2 is 2.16 bits per heavy atom. The fourth-order valence-electron chi connectivity index (χ4n) is 2.69. The summed E-state index contributed by atoms with van der Waals surface area (Å²) in [5.41, 5.74) is 7.87. The zero-order valence-electron chi connectivity index (χ0n) is 12.1. The highest BCUT2D eigenvalue weighted by atomic mass is 16.5. The summed E-state index contributed by atoms with van der Waals surface area (Å²) in [6.07, 6.45) is 1.52. The van der Waals surface area contributed by atoms with Crippen LogP contribution in [0.25, 0.3) is 0 Å². The van der Waals surface area contributed by atoms with Gasteiger partial charge in [-0.3, -0.25) is 4.90 Å². The first kappa shape index (κ1) is 14.2. The minimum Gasteiger partial charge on any atom is -0.495 e. The number of methoxy groups -OCH3 is 2. The molecule has 2 atom stereocenters. The first-order valence-corrected chi connectivity index (χ1v) is 6.81. The van der Waals surface area contributed by atoms with Gasteiger partial charge in [0, 0.05) is 20.2 Å². The standard InChI is InChI=1S/C15H24N2O2/c1-11-6-7-17(10-15(11)19-3)9-12-4-5-14(18-2)13(16)8-12/h4-5,8,11,15H,6-7,9-10,16H2,1-3H3. The first-order valence-electron chi connectivity index (χ1n) is 6.81. The molecular weight excluding hydrogens is 240 g/mol. The second-order valence-corrected chi connectivity index (χ2v) is 5.35. The average molecular weight is 264 g/mol. The molecule has 0 saturated carbocycles. The molecule has 0 aliphatic carbocycles. The fraction of sp³-hybridized carbons (Fsp3) is 0.600. The monoisotopic (exact) mass is 264 g/mol. The van der Waals surface area contributed by atoms with Crippen molar-refractivity contribution in [3.63, 3.8) is 0 Å². The van der Waals surface area contributed by atoms with Gasteiger partial charge < -0.3 is 15.2 Å². The SMILES string of the molecule is COc1ccc(CN2CCC(C)C(OC)C2)cc1N. The predicted molar refractivity (Wildman–Crippen MR) is 77.3 cm³/mol. The Bertz CT molecular complexity index is 423.